The van der Waals surface area contributed by atoms with Crippen molar-refractivity contribution in [3.05, 3.63) is 89.0 Å². The molecule has 0 aliphatic heterocycles. The van der Waals surface area contributed by atoms with Gasteiger partial charge in [-0.05, 0) is 36.2 Å². The predicted octanol–water partition coefficient (Wildman–Crippen LogP) is 4.21. The van der Waals surface area contributed by atoms with Gasteiger partial charge in [0.25, 0.3) is 5.56 Å². The molecule has 0 unspecified atom stereocenters. The number of H-pyrrole nitrogens is 1. The van der Waals surface area contributed by atoms with Crippen molar-refractivity contribution in [3.63, 3.8) is 0 Å². The third kappa shape index (κ3) is 2.52. The van der Waals surface area contributed by atoms with E-state index < -0.39 is 0 Å². The van der Waals surface area contributed by atoms with Gasteiger partial charge in [0.1, 0.15) is 0 Å². The fourth-order valence-electron chi connectivity index (χ4n) is 3.46. The molecule has 0 amide bonds. The fourth-order valence-corrected chi connectivity index (χ4v) is 3.46. The number of aromatic nitrogens is 4. The van der Waals surface area contributed by atoms with Crippen LogP contribution in [0.4, 0.5) is 0 Å². The van der Waals surface area contributed by atoms with Crippen LogP contribution in [0.3, 0.4) is 0 Å². The summed E-state index contributed by atoms with van der Waals surface area (Å²) in [5.41, 5.74) is 5.43. The van der Waals surface area contributed by atoms with Gasteiger partial charge in [0, 0.05) is 17.6 Å². The highest BCUT2D eigenvalue weighted by molar-refractivity contribution is 5.84. The van der Waals surface area contributed by atoms with Crippen LogP contribution in [0.25, 0.3) is 38.9 Å². The van der Waals surface area contributed by atoms with Crippen LogP contribution in [-0.4, -0.2) is 19.6 Å². The fraction of sp³-hybridized carbons (Fsp3) is 0.0455. The third-order valence-electron chi connectivity index (χ3n) is 4.77. The molecule has 130 valence electrons. The highest BCUT2D eigenvalue weighted by Crippen LogP contribution is 2.24. The molecule has 0 bridgehead atoms. The Morgan fingerprint density at radius 2 is 1.78 bits per heavy atom. The molecule has 0 radical (unpaired) electrons. The SMILES string of the molecule is Cc1nc2cc(-c3ccccc3)[nH]n2c(=O)c1-c1ccc2ncccc2c1. The summed E-state index contributed by atoms with van der Waals surface area (Å²) in [6, 6.07) is 21.5. The highest BCUT2D eigenvalue weighted by atomic mass is 16.1. The molecule has 3 aromatic heterocycles. The molecule has 27 heavy (non-hydrogen) atoms. The first kappa shape index (κ1) is 15.5. The molecular weight excluding hydrogens is 336 g/mol. The summed E-state index contributed by atoms with van der Waals surface area (Å²) < 4.78 is 1.51. The maximum atomic E-state index is 13.2. The minimum absolute atomic E-state index is 0.108. The van der Waals surface area contributed by atoms with Crippen molar-refractivity contribution in [2.75, 3.05) is 0 Å². The van der Waals surface area contributed by atoms with E-state index in [9.17, 15) is 4.79 Å². The lowest BCUT2D eigenvalue weighted by Gasteiger charge is -2.07. The second-order valence-corrected chi connectivity index (χ2v) is 6.52. The van der Waals surface area contributed by atoms with Crippen LogP contribution in [0.1, 0.15) is 5.69 Å². The van der Waals surface area contributed by atoms with Gasteiger partial charge in [0.2, 0.25) is 0 Å². The van der Waals surface area contributed by atoms with Gasteiger partial charge >= 0.3 is 0 Å². The third-order valence-corrected chi connectivity index (χ3v) is 4.77. The van der Waals surface area contributed by atoms with Gasteiger partial charge in [-0.25, -0.2) is 9.50 Å². The van der Waals surface area contributed by atoms with Crippen LogP contribution >= 0.6 is 0 Å². The zero-order chi connectivity index (χ0) is 18.4. The summed E-state index contributed by atoms with van der Waals surface area (Å²) in [7, 11) is 0. The lowest BCUT2D eigenvalue weighted by Crippen LogP contribution is -2.19. The number of hydrogen-bond donors (Lipinski definition) is 1. The Labute approximate surface area is 154 Å². The van der Waals surface area contributed by atoms with Crippen LogP contribution in [0.15, 0.2) is 77.7 Å². The van der Waals surface area contributed by atoms with Gasteiger partial charge in [-0.15, -0.1) is 0 Å². The second kappa shape index (κ2) is 5.92. The first-order valence-corrected chi connectivity index (χ1v) is 8.74. The van der Waals surface area contributed by atoms with Crippen molar-refractivity contribution in [1.82, 2.24) is 19.6 Å². The van der Waals surface area contributed by atoms with Crippen molar-refractivity contribution in [3.8, 4) is 22.4 Å². The molecule has 2 aromatic carbocycles. The Morgan fingerprint density at radius 1 is 0.926 bits per heavy atom. The molecule has 5 heteroatoms. The lowest BCUT2D eigenvalue weighted by atomic mass is 10.0. The van der Waals surface area contributed by atoms with E-state index in [4.69, 9.17) is 0 Å². The van der Waals surface area contributed by atoms with Gasteiger partial charge in [-0.1, -0.05) is 42.5 Å². The van der Waals surface area contributed by atoms with Gasteiger partial charge in [0.15, 0.2) is 5.65 Å². The van der Waals surface area contributed by atoms with E-state index in [1.807, 2.05) is 73.7 Å². The topological polar surface area (TPSA) is 63.1 Å². The second-order valence-electron chi connectivity index (χ2n) is 6.52. The average Bonchev–Trinajstić information content (AvgIpc) is 3.13. The molecule has 0 saturated carbocycles. The number of nitrogens with zero attached hydrogens (tertiary/aromatic N) is 3. The Hall–Kier alpha value is -3.73. The molecule has 0 aliphatic carbocycles. The monoisotopic (exact) mass is 352 g/mol. The summed E-state index contributed by atoms with van der Waals surface area (Å²) in [6.45, 7) is 1.87. The summed E-state index contributed by atoms with van der Waals surface area (Å²) in [5.74, 6) is 0. The van der Waals surface area contributed by atoms with Gasteiger partial charge in [-0.2, -0.15) is 0 Å². The predicted molar refractivity (Wildman–Crippen MR) is 107 cm³/mol. The molecular formula is C22H16N4O. The summed E-state index contributed by atoms with van der Waals surface area (Å²) in [6.07, 6.45) is 1.76. The van der Waals surface area contributed by atoms with Crippen LogP contribution in [0.2, 0.25) is 0 Å². The first-order valence-electron chi connectivity index (χ1n) is 8.74. The lowest BCUT2D eigenvalue weighted by molar-refractivity contribution is 0.897. The van der Waals surface area contributed by atoms with E-state index in [1.165, 1.54) is 4.52 Å². The highest BCUT2D eigenvalue weighted by Gasteiger charge is 2.15. The Bertz CT molecular complexity index is 1350. The smallest absolute Gasteiger partial charge is 0.280 e. The van der Waals surface area contributed by atoms with E-state index in [2.05, 4.69) is 15.1 Å². The average molecular weight is 352 g/mol. The number of pyridine rings is 1. The zero-order valence-corrected chi connectivity index (χ0v) is 14.7. The molecule has 1 N–H and O–H groups in total. The van der Waals surface area contributed by atoms with Crippen LogP contribution in [0.5, 0.6) is 0 Å². The van der Waals surface area contributed by atoms with Crippen molar-refractivity contribution < 1.29 is 0 Å². The van der Waals surface area contributed by atoms with Crippen molar-refractivity contribution in [2.45, 2.75) is 6.92 Å². The molecule has 0 aliphatic rings. The van der Waals surface area contributed by atoms with E-state index >= 15 is 0 Å². The zero-order valence-electron chi connectivity index (χ0n) is 14.7. The number of aromatic amines is 1. The minimum atomic E-state index is -0.108. The van der Waals surface area contributed by atoms with E-state index in [1.54, 1.807) is 6.20 Å². The minimum Gasteiger partial charge on any atom is -0.289 e. The van der Waals surface area contributed by atoms with Crippen LogP contribution < -0.4 is 5.56 Å². The number of fused-ring (bicyclic) bond motifs is 2. The number of benzene rings is 2. The summed E-state index contributed by atoms with van der Waals surface area (Å²) in [4.78, 5) is 22.2. The maximum Gasteiger partial charge on any atom is 0.280 e. The van der Waals surface area contributed by atoms with E-state index in [-0.39, 0.29) is 5.56 Å². The van der Waals surface area contributed by atoms with E-state index in [0.717, 1.165) is 27.7 Å². The maximum absolute atomic E-state index is 13.2. The van der Waals surface area contributed by atoms with Gasteiger partial charge in [-0.3, -0.25) is 14.9 Å². The van der Waals surface area contributed by atoms with Crippen molar-refractivity contribution in [2.24, 2.45) is 0 Å². The Balaban J connectivity index is 1.73. The van der Waals surface area contributed by atoms with E-state index in [0.29, 0.717) is 16.9 Å². The van der Waals surface area contributed by atoms with Gasteiger partial charge < -0.3 is 0 Å². The van der Waals surface area contributed by atoms with Crippen molar-refractivity contribution in [1.29, 1.82) is 0 Å². The molecule has 3 heterocycles. The molecule has 0 spiro atoms. The Kier molecular flexibility index (Phi) is 3.40. The molecule has 5 rings (SSSR count). The molecule has 0 fully saturated rings. The summed E-state index contributed by atoms with van der Waals surface area (Å²) in [5, 5.41) is 4.18. The van der Waals surface area contributed by atoms with Crippen LogP contribution in [0, 0.1) is 6.92 Å². The van der Waals surface area contributed by atoms with Gasteiger partial charge in [0.05, 0.1) is 22.5 Å². The normalized spacial score (nSPS) is 11.3. The summed E-state index contributed by atoms with van der Waals surface area (Å²) >= 11 is 0. The number of aryl methyl sites for hydroxylation is 1. The number of rotatable bonds is 2. The van der Waals surface area contributed by atoms with Crippen molar-refractivity contribution >= 4 is 16.6 Å². The molecule has 5 aromatic rings. The Morgan fingerprint density at radius 3 is 2.63 bits per heavy atom. The molecule has 0 saturated heterocycles. The van der Waals surface area contributed by atoms with Crippen LogP contribution in [-0.2, 0) is 0 Å². The quantitative estimate of drug-likeness (QED) is 0.517. The molecule has 0 atom stereocenters. The standard InChI is InChI=1S/C22H16N4O/c1-14-21(17-9-10-18-16(12-17)8-5-11-23-18)22(27)26-20(24-14)13-19(25-26)15-6-3-2-4-7-15/h2-13,25H,1H3. The number of hydrogen-bond acceptors (Lipinski definition) is 3. The first-order chi connectivity index (χ1) is 13.2. The largest absolute Gasteiger partial charge is 0.289 e. The molecule has 5 nitrogen and oxygen atoms in total. The number of nitrogens with one attached hydrogen (secondary N) is 1.